The molecular weight excluding hydrogens is 857 g/mol. The van der Waals surface area contributed by atoms with Crippen molar-refractivity contribution in [2.24, 2.45) is 0 Å². The van der Waals surface area contributed by atoms with Gasteiger partial charge in [0.2, 0.25) is 0 Å². The third-order valence-corrected chi connectivity index (χ3v) is 14.8. The van der Waals surface area contributed by atoms with Gasteiger partial charge in [0.05, 0.1) is 11.2 Å². The molecule has 1 heterocycles. The van der Waals surface area contributed by atoms with Crippen LogP contribution in [0.3, 0.4) is 0 Å². The van der Waals surface area contributed by atoms with Crippen LogP contribution in [0.2, 0.25) is 0 Å². The van der Waals surface area contributed by atoms with Gasteiger partial charge in [-0.05, 0) is 121 Å². The second-order valence-electron chi connectivity index (χ2n) is 19.3. The quantitative estimate of drug-likeness (QED) is 0.140. The van der Waals surface area contributed by atoms with Gasteiger partial charge in [-0.25, -0.2) is 0 Å². The lowest BCUT2D eigenvalue weighted by Crippen LogP contribution is -2.16. The summed E-state index contributed by atoms with van der Waals surface area (Å²) in [6.07, 6.45) is 0. The second kappa shape index (κ2) is 17.2. The summed E-state index contributed by atoms with van der Waals surface area (Å²) in [5.41, 5.74) is 22.9. The summed E-state index contributed by atoms with van der Waals surface area (Å²) in [4.78, 5) is 2.41. The number of anilines is 3. The van der Waals surface area contributed by atoms with Crippen molar-refractivity contribution < 1.29 is 0 Å². The number of hydrogen-bond donors (Lipinski definition) is 0. The molecule has 1 aliphatic carbocycles. The smallest absolute Gasteiger partial charge is 0.0620 e. The average Bonchev–Trinajstić information content (AvgIpc) is 3.91. The van der Waals surface area contributed by atoms with Crippen LogP contribution in [-0.4, -0.2) is 4.57 Å². The second-order valence-corrected chi connectivity index (χ2v) is 19.3. The molecule has 0 saturated heterocycles. The van der Waals surface area contributed by atoms with Crippen LogP contribution in [-0.2, 0) is 5.41 Å². The van der Waals surface area contributed by atoms with Gasteiger partial charge in [-0.3, -0.25) is 0 Å². The Kier molecular flexibility index (Phi) is 10.2. The Morgan fingerprint density at radius 2 is 0.775 bits per heavy atom. The van der Waals surface area contributed by atoms with Gasteiger partial charge in [0.25, 0.3) is 0 Å². The molecule has 12 aromatic rings. The van der Waals surface area contributed by atoms with Gasteiger partial charge in [-0.2, -0.15) is 0 Å². The normalized spacial score (nSPS) is 12.5. The number of benzene rings is 11. The van der Waals surface area contributed by atoms with Crippen molar-refractivity contribution in [3.63, 3.8) is 0 Å². The lowest BCUT2D eigenvalue weighted by molar-refractivity contribution is 0.660. The van der Waals surface area contributed by atoms with E-state index in [-0.39, 0.29) is 5.41 Å². The van der Waals surface area contributed by atoms with Crippen LogP contribution in [0.5, 0.6) is 0 Å². The summed E-state index contributed by atoms with van der Waals surface area (Å²) >= 11 is 0. The Labute approximate surface area is 416 Å². The van der Waals surface area contributed by atoms with E-state index in [1.54, 1.807) is 0 Å². The van der Waals surface area contributed by atoms with E-state index < -0.39 is 0 Å². The highest BCUT2D eigenvalue weighted by Crippen LogP contribution is 2.51. The maximum Gasteiger partial charge on any atom is 0.0620 e. The molecule has 0 amide bonds. The van der Waals surface area contributed by atoms with Gasteiger partial charge in [0, 0.05) is 44.5 Å². The van der Waals surface area contributed by atoms with Crippen LogP contribution in [0, 0.1) is 0 Å². The Balaban J connectivity index is 0.967. The van der Waals surface area contributed by atoms with Crippen molar-refractivity contribution in [3.05, 3.63) is 278 Å². The largest absolute Gasteiger partial charge is 0.310 e. The minimum atomic E-state index is -0.121. The molecule has 336 valence electrons. The van der Waals surface area contributed by atoms with Crippen molar-refractivity contribution in [1.29, 1.82) is 0 Å². The molecule has 0 spiro atoms. The van der Waals surface area contributed by atoms with Crippen molar-refractivity contribution >= 4 is 38.7 Å². The van der Waals surface area contributed by atoms with Gasteiger partial charge in [0.15, 0.2) is 0 Å². The van der Waals surface area contributed by atoms with E-state index in [9.17, 15) is 0 Å². The standard InChI is InChI=1S/C69H50N2/c1-69(2)64-29-16-15-26-60(64)61-43-42-57(46-65(61)69)70(54-36-30-49(31-37-54)47-18-7-3-8-19-47)55-40-34-51(35-41-55)58-27-17-28-62-59(58)44-45-63-66(52-22-11-5-12-23-52)67(53-24-13-6-14-25-53)71(68(62)63)56-38-32-50(33-39-56)48-20-9-4-10-21-48/h3-46H,1-2H3. The molecule has 0 bridgehead atoms. The van der Waals surface area contributed by atoms with Crippen LogP contribution in [0.1, 0.15) is 25.0 Å². The fraction of sp³-hybridized carbons (Fsp3) is 0.0435. The first-order chi connectivity index (χ1) is 35.0. The maximum atomic E-state index is 2.51. The first-order valence-corrected chi connectivity index (χ1v) is 24.7. The third kappa shape index (κ3) is 7.18. The van der Waals surface area contributed by atoms with Crippen LogP contribution in [0.25, 0.3) is 94.3 Å². The molecule has 13 rings (SSSR count). The van der Waals surface area contributed by atoms with Crippen molar-refractivity contribution in [2.75, 3.05) is 4.90 Å². The molecule has 71 heavy (non-hydrogen) atoms. The molecule has 11 aromatic carbocycles. The van der Waals surface area contributed by atoms with Gasteiger partial charge < -0.3 is 9.47 Å². The molecule has 0 unspecified atom stereocenters. The van der Waals surface area contributed by atoms with Gasteiger partial charge in [-0.1, -0.05) is 232 Å². The molecule has 0 fully saturated rings. The number of rotatable bonds is 9. The lowest BCUT2D eigenvalue weighted by atomic mass is 9.82. The molecule has 2 heteroatoms. The van der Waals surface area contributed by atoms with Crippen LogP contribution < -0.4 is 4.90 Å². The highest BCUT2D eigenvalue weighted by Gasteiger charge is 2.36. The first-order valence-electron chi connectivity index (χ1n) is 24.7. The monoisotopic (exact) mass is 906 g/mol. The van der Waals surface area contributed by atoms with Gasteiger partial charge >= 0.3 is 0 Å². The zero-order chi connectivity index (χ0) is 47.5. The van der Waals surface area contributed by atoms with E-state index in [1.807, 2.05) is 0 Å². The fourth-order valence-corrected chi connectivity index (χ4v) is 11.3. The van der Waals surface area contributed by atoms with E-state index in [4.69, 9.17) is 0 Å². The van der Waals surface area contributed by atoms with E-state index in [1.165, 1.54) is 99.7 Å². The van der Waals surface area contributed by atoms with E-state index >= 15 is 0 Å². The number of aromatic nitrogens is 1. The molecule has 0 radical (unpaired) electrons. The molecule has 0 atom stereocenters. The fourth-order valence-electron chi connectivity index (χ4n) is 11.3. The summed E-state index contributed by atoms with van der Waals surface area (Å²) in [5.74, 6) is 0. The molecular formula is C69H50N2. The Morgan fingerprint density at radius 3 is 1.39 bits per heavy atom. The Morgan fingerprint density at radius 1 is 0.310 bits per heavy atom. The number of fused-ring (bicyclic) bond motifs is 6. The highest BCUT2D eigenvalue weighted by atomic mass is 15.1. The summed E-state index contributed by atoms with van der Waals surface area (Å²) < 4.78 is 2.51. The van der Waals surface area contributed by atoms with Crippen LogP contribution in [0.4, 0.5) is 17.1 Å². The van der Waals surface area contributed by atoms with Crippen molar-refractivity contribution in [3.8, 4) is 72.6 Å². The molecule has 0 N–H and O–H groups in total. The van der Waals surface area contributed by atoms with Gasteiger partial charge in [-0.15, -0.1) is 0 Å². The summed E-state index contributed by atoms with van der Waals surface area (Å²) in [6, 6.07) is 97.8. The van der Waals surface area contributed by atoms with Crippen molar-refractivity contribution in [1.82, 2.24) is 4.57 Å². The van der Waals surface area contributed by atoms with Crippen molar-refractivity contribution in [2.45, 2.75) is 19.3 Å². The predicted molar refractivity (Wildman–Crippen MR) is 300 cm³/mol. The predicted octanol–water partition coefficient (Wildman–Crippen LogP) is 18.9. The summed E-state index contributed by atoms with van der Waals surface area (Å²) in [7, 11) is 0. The minimum Gasteiger partial charge on any atom is -0.310 e. The summed E-state index contributed by atoms with van der Waals surface area (Å²) in [5, 5.41) is 3.63. The molecule has 0 saturated carbocycles. The van der Waals surface area contributed by atoms with Gasteiger partial charge in [0.1, 0.15) is 0 Å². The number of nitrogens with zero attached hydrogens (tertiary/aromatic N) is 2. The molecule has 0 aliphatic heterocycles. The molecule has 1 aromatic heterocycles. The maximum absolute atomic E-state index is 2.51. The Bertz CT molecular complexity index is 3890. The molecule has 2 nitrogen and oxygen atoms in total. The first kappa shape index (κ1) is 42.1. The third-order valence-electron chi connectivity index (χ3n) is 14.8. The number of hydrogen-bond acceptors (Lipinski definition) is 1. The average molecular weight is 907 g/mol. The highest BCUT2D eigenvalue weighted by molar-refractivity contribution is 6.18. The zero-order valence-corrected chi connectivity index (χ0v) is 39.8. The topological polar surface area (TPSA) is 8.17 Å². The molecule has 1 aliphatic rings. The van der Waals surface area contributed by atoms with E-state index in [0.29, 0.717) is 0 Å². The zero-order valence-electron chi connectivity index (χ0n) is 39.8. The lowest BCUT2D eigenvalue weighted by Gasteiger charge is -2.28. The summed E-state index contributed by atoms with van der Waals surface area (Å²) in [6.45, 7) is 4.72. The minimum absolute atomic E-state index is 0.121. The van der Waals surface area contributed by atoms with E-state index in [0.717, 1.165) is 22.7 Å². The SMILES string of the molecule is CC1(C)c2ccccc2-c2ccc(N(c3ccc(-c4ccccc4)cc3)c3ccc(-c4cccc5c4ccc4c(-c6ccccc6)c(-c6ccccc6)n(-c6ccc(-c7ccccc7)cc6)c45)cc3)cc21. The van der Waals surface area contributed by atoms with Crippen LogP contribution >= 0.6 is 0 Å². The van der Waals surface area contributed by atoms with E-state index in [2.05, 4.69) is 290 Å². The van der Waals surface area contributed by atoms with Crippen LogP contribution in [0.15, 0.2) is 267 Å². The Hall–Kier alpha value is -8.98.